The number of nitrogens with one attached hydrogen (secondary N) is 1. The first-order valence-electron chi connectivity index (χ1n) is 6.83. The van der Waals surface area contributed by atoms with Crippen molar-refractivity contribution in [1.82, 2.24) is 10.2 Å². The Morgan fingerprint density at radius 1 is 1.53 bits per heavy atom. The minimum atomic E-state index is 0.188. The summed E-state index contributed by atoms with van der Waals surface area (Å²) in [6.45, 7) is 7.28. The van der Waals surface area contributed by atoms with Gasteiger partial charge in [-0.3, -0.25) is 4.79 Å². The maximum atomic E-state index is 12.6. The molecule has 2 rings (SSSR count). The van der Waals surface area contributed by atoms with E-state index in [1.807, 2.05) is 16.3 Å². The topological polar surface area (TPSA) is 32.3 Å². The van der Waals surface area contributed by atoms with Crippen molar-refractivity contribution in [3.63, 3.8) is 0 Å². The Morgan fingerprint density at radius 2 is 2.21 bits per heavy atom. The third-order valence-corrected chi connectivity index (χ3v) is 5.40. The van der Waals surface area contributed by atoms with E-state index < -0.39 is 0 Å². The zero-order chi connectivity index (χ0) is 13.8. The molecule has 1 aromatic heterocycles. The fourth-order valence-corrected chi connectivity index (χ4v) is 3.78. The van der Waals surface area contributed by atoms with Gasteiger partial charge in [0.05, 0.1) is 8.45 Å². The molecule has 5 heteroatoms. The van der Waals surface area contributed by atoms with Crippen LogP contribution in [0.3, 0.4) is 0 Å². The van der Waals surface area contributed by atoms with Crippen LogP contribution in [0.5, 0.6) is 0 Å². The third-order valence-electron chi connectivity index (χ3n) is 3.61. The van der Waals surface area contributed by atoms with Gasteiger partial charge in [-0.25, -0.2) is 0 Å². The Morgan fingerprint density at radius 3 is 2.74 bits per heavy atom. The van der Waals surface area contributed by atoms with Gasteiger partial charge in [0.1, 0.15) is 0 Å². The Bertz CT molecular complexity index is 427. The number of carbonyl (C=O) groups excluding carboxylic acids is 1. The van der Waals surface area contributed by atoms with Gasteiger partial charge in [-0.05, 0) is 74.4 Å². The number of halogens is 1. The van der Waals surface area contributed by atoms with Crippen LogP contribution in [0, 0.1) is 8.80 Å². The third kappa shape index (κ3) is 4.16. The average Bonchev–Trinajstić information content (AvgIpc) is 2.83. The van der Waals surface area contributed by atoms with Crippen molar-refractivity contribution in [3.05, 3.63) is 19.9 Å². The van der Waals surface area contributed by atoms with Crippen molar-refractivity contribution >= 4 is 39.8 Å². The fourth-order valence-electron chi connectivity index (χ4n) is 2.46. The summed E-state index contributed by atoms with van der Waals surface area (Å²) >= 11 is 3.91. The zero-order valence-electron chi connectivity index (χ0n) is 11.5. The van der Waals surface area contributed by atoms with Crippen molar-refractivity contribution in [2.45, 2.75) is 32.7 Å². The van der Waals surface area contributed by atoms with E-state index in [1.54, 1.807) is 11.3 Å². The van der Waals surface area contributed by atoms with Crippen molar-refractivity contribution in [2.24, 2.45) is 5.92 Å². The first kappa shape index (κ1) is 15.3. The molecule has 1 saturated heterocycles. The predicted molar refractivity (Wildman–Crippen MR) is 88.8 cm³/mol. The van der Waals surface area contributed by atoms with Gasteiger partial charge in [-0.1, -0.05) is 0 Å². The molecule has 3 nitrogen and oxygen atoms in total. The van der Waals surface area contributed by atoms with Gasteiger partial charge in [0.25, 0.3) is 5.91 Å². The molecule has 1 amide bonds. The SMILES string of the molecule is CC(C)N(CC1CCNCC1)C(=O)c1csc(I)c1. The Labute approximate surface area is 132 Å². The Balaban J connectivity index is 2.04. The summed E-state index contributed by atoms with van der Waals surface area (Å²) in [5.41, 5.74) is 0.844. The Hall–Kier alpha value is -0.140. The molecule has 0 radical (unpaired) electrons. The zero-order valence-corrected chi connectivity index (χ0v) is 14.5. The highest BCUT2D eigenvalue weighted by atomic mass is 127. The number of hydrogen-bond donors (Lipinski definition) is 1. The highest BCUT2D eigenvalue weighted by molar-refractivity contribution is 14.1. The van der Waals surface area contributed by atoms with Gasteiger partial charge in [0, 0.05) is 18.0 Å². The highest BCUT2D eigenvalue weighted by Crippen LogP contribution is 2.21. The maximum absolute atomic E-state index is 12.6. The van der Waals surface area contributed by atoms with Crippen molar-refractivity contribution in [1.29, 1.82) is 0 Å². The molecule has 1 fully saturated rings. The minimum Gasteiger partial charge on any atom is -0.336 e. The molecule has 0 spiro atoms. The molecule has 1 N–H and O–H groups in total. The number of nitrogens with zero attached hydrogens (tertiary/aromatic N) is 1. The molecule has 1 aromatic rings. The van der Waals surface area contributed by atoms with Gasteiger partial charge in [0.15, 0.2) is 0 Å². The largest absolute Gasteiger partial charge is 0.336 e. The lowest BCUT2D eigenvalue weighted by Gasteiger charge is -2.32. The van der Waals surface area contributed by atoms with Crippen LogP contribution in [-0.4, -0.2) is 36.5 Å². The van der Waals surface area contributed by atoms with Crippen molar-refractivity contribution in [3.8, 4) is 0 Å². The highest BCUT2D eigenvalue weighted by Gasteiger charge is 2.24. The molecule has 106 valence electrons. The van der Waals surface area contributed by atoms with Crippen molar-refractivity contribution in [2.75, 3.05) is 19.6 Å². The number of piperidine rings is 1. The second-order valence-electron chi connectivity index (χ2n) is 5.38. The summed E-state index contributed by atoms with van der Waals surface area (Å²) in [5, 5.41) is 5.35. The summed E-state index contributed by atoms with van der Waals surface area (Å²) in [7, 11) is 0. The van der Waals surface area contributed by atoms with Gasteiger partial charge in [-0.15, -0.1) is 11.3 Å². The molecule has 2 heterocycles. The number of amides is 1. The van der Waals surface area contributed by atoms with E-state index in [-0.39, 0.29) is 11.9 Å². The standard InChI is InChI=1S/C14H21IN2OS/c1-10(2)17(8-11-3-5-16-6-4-11)14(18)12-7-13(15)19-9-12/h7,9-11,16H,3-6,8H2,1-2H3. The van der Waals surface area contributed by atoms with Gasteiger partial charge in [0.2, 0.25) is 0 Å². The van der Waals surface area contributed by atoms with E-state index in [2.05, 4.69) is 41.8 Å². The first-order chi connectivity index (χ1) is 9.08. The molecule has 0 aromatic carbocycles. The summed E-state index contributed by atoms with van der Waals surface area (Å²) in [6.07, 6.45) is 2.36. The van der Waals surface area contributed by atoms with E-state index >= 15 is 0 Å². The van der Waals surface area contributed by atoms with Gasteiger partial charge in [-0.2, -0.15) is 0 Å². The summed E-state index contributed by atoms with van der Waals surface area (Å²) in [6, 6.07) is 2.26. The second-order valence-corrected chi connectivity index (χ2v) is 8.19. The van der Waals surface area contributed by atoms with Gasteiger partial charge >= 0.3 is 0 Å². The van der Waals surface area contributed by atoms with E-state index in [4.69, 9.17) is 0 Å². The average molecular weight is 392 g/mol. The summed E-state index contributed by atoms with van der Waals surface area (Å²) in [5.74, 6) is 0.831. The molecule has 0 atom stereocenters. The Kier molecular flexibility index (Phi) is 5.65. The van der Waals surface area contributed by atoms with Crippen LogP contribution >= 0.6 is 33.9 Å². The van der Waals surface area contributed by atoms with Crippen LogP contribution in [0.15, 0.2) is 11.4 Å². The smallest absolute Gasteiger partial charge is 0.254 e. The van der Waals surface area contributed by atoms with E-state index in [0.29, 0.717) is 5.92 Å². The van der Waals surface area contributed by atoms with Gasteiger partial charge < -0.3 is 10.2 Å². The van der Waals surface area contributed by atoms with Crippen LogP contribution in [-0.2, 0) is 0 Å². The molecule has 1 aliphatic rings. The minimum absolute atomic E-state index is 0.188. The fraction of sp³-hybridized carbons (Fsp3) is 0.643. The van der Waals surface area contributed by atoms with E-state index in [0.717, 1.165) is 25.2 Å². The lowest BCUT2D eigenvalue weighted by atomic mass is 9.97. The van der Waals surface area contributed by atoms with Crippen LogP contribution in [0.25, 0.3) is 0 Å². The maximum Gasteiger partial charge on any atom is 0.254 e. The van der Waals surface area contributed by atoms with E-state index in [1.165, 1.54) is 15.7 Å². The van der Waals surface area contributed by atoms with Crippen LogP contribution < -0.4 is 5.32 Å². The second kappa shape index (κ2) is 7.04. The normalized spacial score (nSPS) is 16.8. The summed E-state index contributed by atoms with van der Waals surface area (Å²) < 4.78 is 1.17. The lowest BCUT2D eigenvalue weighted by molar-refractivity contribution is 0.0658. The molecular formula is C14H21IN2OS. The molecular weight excluding hydrogens is 371 g/mol. The number of carbonyl (C=O) groups is 1. The van der Waals surface area contributed by atoms with Crippen LogP contribution in [0.1, 0.15) is 37.0 Å². The number of hydrogen-bond acceptors (Lipinski definition) is 3. The van der Waals surface area contributed by atoms with Crippen LogP contribution in [0.2, 0.25) is 0 Å². The predicted octanol–water partition coefficient (Wildman–Crippen LogP) is 3.20. The summed E-state index contributed by atoms with van der Waals surface area (Å²) in [4.78, 5) is 14.6. The van der Waals surface area contributed by atoms with E-state index in [9.17, 15) is 4.79 Å². The number of rotatable bonds is 4. The van der Waals surface area contributed by atoms with Crippen LogP contribution in [0.4, 0.5) is 0 Å². The number of thiophene rings is 1. The quantitative estimate of drug-likeness (QED) is 0.799. The molecule has 1 aliphatic heterocycles. The van der Waals surface area contributed by atoms with Crippen molar-refractivity contribution < 1.29 is 4.79 Å². The molecule has 0 unspecified atom stereocenters. The molecule has 19 heavy (non-hydrogen) atoms. The molecule has 0 saturated carbocycles. The lowest BCUT2D eigenvalue weighted by Crippen LogP contribution is -2.42. The molecule has 0 aliphatic carbocycles. The monoisotopic (exact) mass is 392 g/mol. The first-order valence-corrected chi connectivity index (χ1v) is 8.79. The molecule has 0 bridgehead atoms.